The average Bonchev–Trinajstić information content (AvgIpc) is 3.52. The second-order valence-corrected chi connectivity index (χ2v) is 6.74. The third-order valence-electron chi connectivity index (χ3n) is 4.80. The fraction of sp³-hybridized carbons (Fsp3) is 0.136. The molecule has 8 heteroatoms. The van der Waals surface area contributed by atoms with Crippen molar-refractivity contribution in [3.05, 3.63) is 89.1 Å². The Morgan fingerprint density at radius 1 is 1.10 bits per heavy atom. The predicted octanol–water partition coefficient (Wildman–Crippen LogP) is 3.74. The van der Waals surface area contributed by atoms with Crippen molar-refractivity contribution in [2.75, 3.05) is 6.61 Å². The van der Waals surface area contributed by atoms with Gasteiger partial charge in [0, 0.05) is 23.9 Å². The summed E-state index contributed by atoms with van der Waals surface area (Å²) >= 11 is 0. The van der Waals surface area contributed by atoms with E-state index in [0.717, 1.165) is 5.39 Å². The van der Waals surface area contributed by atoms with Crippen LogP contribution < -0.4 is 10.4 Å². The third-order valence-corrected chi connectivity index (χ3v) is 4.80. The molecule has 8 nitrogen and oxygen atoms in total. The number of benzene rings is 1. The number of furan rings is 2. The maximum absolute atomic E-state index is 12.9. The predicted molar refractivity (Wildman–Crippen MR) is 106 cm³/mol. The summed E-state index contributed by atoms with van der Waals surface area (Å²) in [5.74, 6) is 1.30. The highest BCUT2D eigenvalue weighted by Crippen LogP contribution is 2.33. The standard InChI is InChI=1S/C22H16N2O6/c25-21(13-29-15-7-5-14-6-8-22(26)30-20(14)11-15)24-17(19-4-2-10-28-19)12-16(23-24)18-3-1-9-27-18/h1-11,17H,12-13H2. The Kier molecular flexibility index (Phi) is 4.44. The van der Waals surface area contributed by atoms with Crippen molar-refractivity contribution < 1.29 is 22.8 Å². The molecule has 1 atom stereocenters. The van der Waals surface area contributed by atoms with Crippen LogP contribution in [-0.4, -0.2) is 23.2 Å². The zero-order valence-corrected chi connectivity index (χ0v) is 15.7. The summed E-state index contributed by atoms with van der Waals surface area (Å²) in [7, 11) is 0. The summed E-state index contributed by atoms with van der Waals surface area (Å²) < 4.78 is 21.7. The van der Waals surface area contributed by atoms with E-state index in [9.17, 15) is 9.59 Å². The van der Waals surface area contributed by atoms with Crippen LogP contribution in [0.2, 0.25) is 0 Å². The highest BCUT2D eigenvalue weighted by molar-refractivity contribution is 6.01. The molecule has 0 radical (unpaired) electrons. The van der Waals surface area contributed by atoms with Crippen LogP contribution in [0.25, 0.3) is 11.0 Å². The molecule has 4 aromatic rings. The number of rotatable bonds is 5. The number of hydrazone groups is 1. The third kappa shape index (κ3) is 3.39. The Labute approximate surface area is 170 Å². The van der Waals surface area contributed by atoms with Gasteiger partial charge >= 0.3 is 5.63 Å². The molecule has 0 saturated carbocycles. The molecule has 5 rings (SSSR count). The second-order valence-electron chi connectivity index (χ2n) is 6.74. The first kappa shape index (κ1) is 18.0. The summed E-state index contributed by atoms with van der Waals surface area (Å²) in [4.78, 5) is 24.3. The van der Waals surface area contributed by atoms with Crippen LogP contribution in [0.15, 0.2) is 90.3 Å². The molecule has 0 saturated heterocycles. The zero-order valence-electron chi connectivity index (χ0n) is 15.7. The zero-order chi connectivity index (χ0) is 20.5. The van der Waals surface area contributed by atoms with E-state index in [-0.39, 0.29) is 18.6 Å². The summed E-state index contributed by atoms with van der Waals surface area (Å²) in [5.41, 5.74) is 0.594. The topological polar surface area (TPSA) is 98.4 Å². The lowest BCUT2D eigenvalue weighted by atomic mass is 10.1. The molecule has 30 heavy (non-hydrogen) atoms. The quantitative estimate of drug-likeness (QED) is 0.470. The van der Waals surface area contributed by atoms with Crippen LogP contribution in [0, 0.1) is 0 Å². The smallest absolute Gasteiger partial charge is 0.336 e. The molecule has 1 amide bonds. The van der Waals surface area contributed by atoms with E-state index >= 15 is 0 Å². The molecule has 1 aliphatic heterocycles. The Balaban J connectivity index is 1.36. The van der Waals surface area contributed by atoms with E-state index in [4.69, 9.17) is 18.0 Å². The molecular formula is C22H16N2O6. The maximum Gasteiger partial charge on any atom is 0.336 e. The van der Waals surface area contributed by atoms with Gasteiger partial charge in [-0.1, -0.05) is 0 Å². The monoisotopic (exact) mass is 404 g/mol. The van der Waals surface area contributed by atoms with Gasteiger partial charge in [0.1, 0.15) is 34.6 Å². The second kappa shape index (κ2) is 7.40. The molecule has 1 aliphatic rings. The number of hydrogen-bond acceptors (Lipinski definition) is 7. The van der Waals surface area contributed by atoms with E-state index in [1.807, 2.05) is 0 Å². The van der Waals surface area contributed by atoms with Gasteiger partial charge in [-0.15, -0.1) is 0 Å². The average molecular weight is 404 g/mol. The molecule has 150 valence electrons. The van der Waals surface area contributed by atoms with Crippen molar-refractivity contribution in [2.24, 2.45) is 5.10 Å². The lowest BCUT2D eigenvalue weighted by Gasteiger charge is -2.20. The van der Waals surface area contributed by atoms with E-state index in [1.54, 1.807) is 61.1 Å². The SMILES string of the molecule is O=C(COc1ccc2ccc(=O)oc2c1)N1N=C(c2ccco2)CC1c1ccco1. The number of fused-ring (bicyclic) bond motifs is 1. The Morgan fingerprint density at radius 2 is 1.93 bits per heavy atom. The molecule has 0 aliphatic carbocycles. The van der Waals surface area contributed by atoms with Crippen LogP contribution in [-0.2, 0) is 4.79 Å². The van der Waals surface area contributed by atoms with Crippen molar-refractivity contribution in [1.29, 1.82) is 0 Å². The number of ether oxygens (including phenoxy) is 1. The largest absolute Gasteiger partial charge is 0.484 e. The van der Waals surface area contributed by atoms with Gasteiger partial charge in [0.2, 0.25) is 0 Å². The molecule has 0 spiro atoms. The lowest BCUT2D eigenvalue weighted by Crippen LogP contribution is -2.31. The highest BCUT2D eigenvalue weighted by Gasteiger charge is 2.35. The van der Waals surface area contributed by atoms with E-state index < -0.39 is 5.63 Å². The van der Waals surface area contributed by atoms with Gasteiger partial charge in [0.05, 0.1) is 12.5 Å². The minimum atomic E-state index is -0.450. The normalized spacial score (nSPS) is 16.1. The van der Waals surface area contributed by atoms with Crippen molar-refractivity contribution in [1.82, 2.24) is 5.01 Å². The van der Waals surface area contributed by atoms with Gasteiger partial charge in [0.25, 0.3) is 5.91 Å². The molecule has 1 unspecified atom stereocenters. The summed E-state index contributed by atoms with van der Waals surface area (Å²) in [6.45, 7) is -0.241. The Bertz CT molecular complexity index is 1270. The first-order chi connectivity index (χ1) is 14.7. The minimum absolute atomic E-state index is 0.241. The fourth-order valence-electron chi connectivity index (χ4n) is 3.38. The maximum atomic E-state index is 12.9. The van der Waals surface area contributed by atoms with Crippen molar-refractivity contribution >= 4 is 22.6 Å². The Hall–Kier alpha value is -4.07. The summed E-state index contributed by atoms with van der Waals surface area (Å²) in [6, 6.07) is 14.8. The van der Waals surface area contributed by atoms with Gasteiger partial charge in [-0.05, 0) is 42.5 Å². The minimum Gasteiger partial charge on any atom is -0.484 e. The summed E-state index contributed by atoms with van der Waals surface area (Å²) in [6.07, 6.45) is 3.58. The van der Waals surface area contributed by atoms with E-state index in [2.05, 4.69) is 5.10 Å². The van der Waals surface area contributed by atoms with E-state index in [1.165, 1.54) is 11.1 Å². The number of carbonyl (C=O) groups is 1. The van der Waals surface area contributed by atoms with Gasteiger partial charge < -0.3 is 18.0 Å². The van der Waals surface area contributed by atoms with Crippen LogP contribution in [0.5, 0.6) is 5.75 Å². The molecular weight excluding hydrogens is 388 g/mol. The first-order valence-electron chi connectivity index (χ1n) is 9.31. The van der Waals surface area contributed by atoms with Gasteiger partial charge in [-0.2, -0.15) is 5.10 Å². The Morgan fingerprint density at radius 3 is 2.73 bits per heavy atom. The van der Waals surface area contributed by atoms with Gasteiger partial charge in [-0.3, -0.25) is 4.79 Å². The number of hydrogen-bond donors (Lipinski definition) is 0. The lowest BCUT2D eigenvalue weighted by molar-refractivity contribution is -0.135. The molecule has 0 bridgehead atoms. The number of amides is 1. The van der Waals surface area contributed by atoms with E-state index in [0.29, 0.717) is 35.0 Å². The van der Waals surface area contributed by atoms with Crippen molar-refractivity contribution in [2.45, 2.75) is 12.5 Å². The molecule has 3 aromatic heterocycles. The number of nitrogens with zero attached hydrogens (tertiary/aromatic N) is 2. The molecule has 0 N–H and O–H groups in total. The molecule has 4 heterocycles. The van der Waals surface area contributed by atoms with Crippen LogP contribution in [0.3, 0.4) is 0 Å². The highest BCUT2D eigenvalue weighted by atomic mass is 16.5. The summed E-state index contributed by atoms with van der Waals surface area (Å²) in [5, 5.41) is 6.57. The van der Waals surface area contributed by atoms with Crippen molar-refractivity contribution in [3.8, 4) is 5.75 Å². The van der Waals surface area contributed by atoms with Crippen LogP contribution in [0.4, 0.5) is 0 Å². The van der Waals surface area contributed by atoms with Gasteiger partial charge in [0.15, 0.2) is 6.61 Å². The fourth-order valence-corrected chi connectivity index (χ4v) is 3.38. The molecule has 1 aromatic carbocycles. The van der Waals surface area contributed by atoms with Crippen molar-refractivity contribution in [3.63, 3.8) is 0 Å². The number of carbonyl (C=O) groups excluding carboxylic acids is 1. The van der Waals surface area contributed by atoms with Crippen LogP contribution in [0.1, 0.15) is 24.0 Å². The molecule has 0 fully saturated rings. The van der Waals surface area contributed by atoms with Gasteiger partial charge in [-0.25, -0.2) is 9.80 Å². The van der Waals surface area contributed by atoms with Crippen LogP contribution >= 0.6 is 0 Å². The first-order valence-corrected chi connectivity index (χ1v) is 9.31.